The van der Waals surface area contributed by atoms with E-state index in [1.165, 1.54) is 19.3 Å². The minimum Gasteiger partial charge on any atom is -0.497 e. The highest BCUT2D eigenvalue weighted by Gasteiger charge is 2.09. The number of halogens is 1. The van der Waals surface area contributed by atoms with E-state index in [1.807, 2.05) is 18.2 Å². The number of benzene rings is 1. The molecule has 1 N–H and O–H groups in total. The van der Waals surface area contributed by atoms with Crippen LogP contribution in [0.15, 0.2) is 22.7 Å². The number of hydrogen-bond donors (Lipinski definition) is 1. The molecule has 0 aliphatic heterocycles. The smallest absolute Gasteiger partial charge is 0.119 e. The second-order valence-corrected chi connectivity index (χ2v) is 5.52. The number of aliphatic hydroxyl groups excluding tert-OH is 1. The van der Waals surface area contributed by atoms with E-state index in [0.717, 1.165) is 28.6 Å². The van der Waals surface area contributed by atoms with Crippen molar-refractivity contribution >= 4 is 15.9 Å². The van der Waals surface area contributed by atoms with Crippen LogP contribution < -0.4 is 4.74 Å². The summed E-state index contributed by atoms with van der Waals surface area (Å²) < 4.78 is 6.24. The van der Waals surface area contributed by atoms with Gasteiger partial charge in [0, 0.05) is 4.47 Å². The first-order valence-corrected chi connectivity index (χ1v) is 7.47. The van der Waals surface area contributed by atoms with Gasteiger partial charge in [-0.05, 0) is 36.6 Å². The maximum absolute atomic E-state index is 10.0. The summed E-state index contributed by atoms with van der Waals surface area (Å²) in [4.78, 5) is 0. The van der Waals surface area contributed by atoms with Crippen LogP contribution in [0.25, 0.3) is 0 Å². The first-order valence-electron chi connectivity index (χ1n) is 6.67. The van der Waals surface area contributed by atoms with Crippen LogP contribution in [0.5, 0.6) is 5.75 Å². The molecule has 0 aliphatic carbocycles. The molecular formula is C15H23BrO2. The highest BCUT2D eigenvalue weighted by Crippen LogP contribution is 2.24. The van der Waals surface area contributed by atoms with E-state index in [9.17, 15) is 5.11 Å². The maximum Gasteiger partial charge on any atom is 0.119 e. The van der Waals surface area contributed by atoms with Gasteiger partial charge in [0.05, 0.1) is 13.2 Å². The second-order valence-electron chi connectivity index (χ2n) is 4.66. The third-order valence-corrected chi connectivity index (χ3v) is 3.87. The van der Waals surface area contributed by atoms with Crippen molar-refractivity contribution in [2.45, 2.75) is 51.6 Å². The van der Waals surface area contributed by atoms with Gasteiger partial charge in [0.15, 0.2) is 0 Å². The van der Waals surface area contributed by atoms with Gasteiger partial charge in [-0.15, -0.1) is 0 Å². The Hall–Kier alpha value is -0.540. The van der Waals surface area contributed by atoms with Crippen LogP contribution in [0.4, 0.5) is 0 Å². The van der Waals surface area contributed by atoms with Crippen molar-refractivity contribution < 1.29 is 9.84 Å². The summed E-state index contributed by atoms with van der Waals surface area (Å²) in [5, 5.41) is 10.0. The highest BCUT2D eigenvalue weighted by atomic mass is 79.9. The predicted molar refractivity (Wildman–Crippen MR) is 79.2 cm³/mol. The zero-order valence-corrected chi connectivity index (χ0v) is 12.9. The zero-order valence-electron chi connectivity index (χ0n) is 11.3. The van der Waals surface area contributed by atoms with Crippen molar-refractivity contribution in [2.24, 2.45) is 0 Å². The second kappa shape index (κ2) is 8.54. The highest BCUT2D eigenvalue weighted by molar-refractivity contribution is 9.10. The van der Waals surface area contributed by atoms with Crippen LogP contribution in [-0.2, 0) is 6.42 Å². The summed E-state index contributed by atoms with van der Waals surface area (Å²) in [7, 11) is 1.66. The van der Waals surface area contributed by atoms with E-state index < -0.39 is 0 Å². The van der Waals surface area contributed by atoms with Crippen LogP contribution in [0, 0.1) is 0 Å². The van der Waals surface area contributed by atoms with Crippen molar-refractivity contribution in [1.29, 1.82) is 0 Å². The molecule has 0 spiro atoms. The molecule has 1 aromatic carbocycles. The molecule has 0 radical (unpaired) electrons. The first kappa shape index (κ1) is 15.5. The topological polar surface area (TPSA) is 29.5 Å². The van der Waals surface area contributed by atoms with Crippen LogP contribution in [0.2, 0.25) is 0 Å². The van der Waals surface area contributed by atoms with Gasteiger partial charge >= 0.3 is 0 Å². The molecule has 2 nitrogen and oxygen atoms in total. The number of unbranched alkanes of at least 4 members (excludes halogenated alkanes) is 3. The number of hydrogen-bond acceptors (Lipinski definition) is 2. The Morgan fingerprint density at radius 3 is 2.72 bits per heavy atom. The number of aliphatic hydroxyl groups is 1. The molecule has 3 heteroatoms. The van der Waals surface area contributed by atoms with Gasteiger partial charge in [-0.3, -0.25) is 0 Å². The lowest BCUT2D eigenvalue weighted by Crippen LogP contribution is -2.10. The fourth-order valence-electron chi connectivity index (χ4n) is 2.00. The quantitative estimate of drug-likeness (QED) is 0.724. The van der Waals surface area contributed by atoms with Crippen molar-refractivity contribution in [2.75, 3.05) is 7.11 Å². The standard InChI is InChI=1S/C15H23BrO2/c1-3-4-5-6-7-13(17)10-12-11-14(18-2)8-9-15(12)16/h8-9,11,13,17H,3-7,10H2,1-2H3. The van der Waals surface area contributed by atoms with Crippen molar-refractivity contribution in [3.63, 3.8) is 0 Å². The van der Waals surface area contributed by atoms with E-state index in [2.05, 4.69) is 22.9 Å². The Balaban J connectivity index is 2.45. The normalized spacial score (nSPS) is 12.4. The van der Waals surface area contributed by atoms with Crippen LogP contribution in [0.3, 0.4) is 0 Å². The fraction of sp³-hybridized carbons (Fsp3) is 0.600. The monoisotopic (exact) mass is 314 g/mol. The van der Waals surface area contributed by atoms with Gasteiger partial charge in [-0.2, -0.15) is 0 Å². The average molecular weight is 315 g/mol. The number of rotatable bonds is 8. The van der Waals surface area contributed by atoms with E-state index in [0.29, 0.717) is 6.42 Å². The maximum atomic E-state index is 10.0. The molecule has 0 saturated carbocycles. The molecule has 0 amide bonds. The molecule has 1 atom stereocenters. The van der Waals surface area contributed by atoms with Gasteiger partial charge in [-0.25, -0.2) is 0 Å². The van der Waals surface area contributed by atoms with E-state index >= 15 is 0 Å². The fourth-order valence-corrected chi connectivity index (χ4v) is 2.41. The van der Waals surface area contributed by atoms with Crippen LogP contribution in [0.1, 0.15) is 44.6 Å². The zero-order chi connectivity index (χ0) is 13.4. The molecule has 1 rings (SSSR count). The van der Waals surface area contributed by atoms with Crippen molar-refractivity contribution in [3.05, 3.63) is 28.2 Å². The molecule has 1 aromatic rings. The third-order valence-electron chi connectivity index (χ3n) is 3.10. The molecule has 18 heavy (non-hydrogen) atoms. The lowest BCUT2D eigenvalue weighted by molar-refractivity contribution is 0.160. The third kappa shape index (κ3) is 5.40. The Bertz CT molecular complexity index is 352. The van der Waals surface area contributed by atoms with Gasteiger partial charge in [0.1, 0.15) is 5.75 Å². The largest absolute Gasteiger partial charge is 0.497 e. The van der Waals surface area contributed by atoms with Gasteiger partial charge in [-0.1, -0.05) is 48.5 Å². The van der Waals surface area contributed by atoms with Crippen molar-refractivity contribution in [1.82, 2.24) is 0 Å². The SMILES string of the molecule is CCCCCCC(O)Cc1cc(OC)ccc1Br. The van der Waals surface area contributed by atoms with Gasteiger partial charge in [0.2, 0.25) is 0 Å². The molecule has 102 valence electrons. The molecule has 0 aliphatic rings. The Morgan fingerprint density at radius 1 is 1.28 bits per heavy atom. The van der Waals surface area contributed by atoms with Crippen molar-refractivity contribution in [3.8, 4) is 5.75 Å². The summed E-state index contributed by atoms with van der Waals surface area (Å²) in [6.07, 6.45) is 6.12. The summed E-state index contributed by atoms with van der Waals surface area (Å²) in [6.45, 7) is 2.20. The predicted octanol–water partition coefficient (Wildman–Crippen LogP) is 4.33. The minimum atomic E-state index is -0.259. The molecule has 0 aromatic heterocycles. The molecule has 1 unspecified atom stereocenters. The molecule has 0 saturated heterocycles. The molecule has 0 bridgehead atoms. The van der Waals surface area contributed by atoms with E-state index in [1.54, 1.807) is 7.11 Å². The first-order chi connectivity index (χ1) is 8.67. The Morgan fingerprint density at radius 2 is 2.06 bits per heavy atom. The summed E-state index contributed by atoms with van der Waals surface area (Å²) in [5.41, 5.74) is 1.11. The van der Waals surface area contributed by atoms with E-state index in [4.69, 9.17) is 4.74 Å². The molecule has 0 fully saturated rings. The minimum absolute atomic E-state index is 0.259. The molecule has 0 heterocycles. The Kier molecular flexibility index (Phi) is 7.36. The summed E-state index contributed by atoms with van der Waals surface area (Å²) in [5.74, 6) is 0.839. The average Bonchev–Trinajstić information content (AvgIpc) is 2.37. The summed E-state index contributed by atoms with van der Waals surface area (Å²) in [6, 6.07) is 5.87. The summed E-state index contributed by atoms with van der Waals surface area (Å²) >= 11 is 3.51. The van der Waals surface area contributed by atoms with Gasteiger partial charge < -0.3 is 9.84 Å². The van der Waals surface area contributed by atoms with Crippen LogP contribution >= 0.6 is 15.9 Å². The number of methoxy groups -OCH3 is 1. The molecular weight excluding hydrogens is 292 g/mol. The lowest BCUT2D eigenvalue weighted by Gasteiger charge is -2.12. The number of ether oxygens (including phenoxy) is 1. The van der Waals surface area contributed by atoms with Crippen LogP contribution in [-0.4, -0.2) is 18.3 Å². The lowest BCUT2D eigenvalue weighted by atomic mass is 10.0. The van der Waals surface area contributed by atoms with E-state index in [-0.39, 0.29) is 6.10 Å². The van der Waals surface area contributed by atoms with Gasteiger partial charge in [0.25, 0.3) is 0 Å². The Labute approximate surface area is 118 Å².